The maximum Gasteiger partial charge on any atom is 0.110 e. The number of likely N-dealkylation sites (tertiary alicyclic amines) is 2. The maximum absolute atomic E-state index is 4.46. The third-order valence-corrected chi connectivity index (χ3v) is 6.07. The fourth-order valence-corrected chi connectivity index (χ4v) is 4.86. The third-order valence-electron chi connectivity index (χ3n) is 5.10. The van der Waals surface area contributed by atoms with Crippen molar-refractivity contribution in [1.82, 2.24) is 19.8 Å². The molecule has 4 heterocycles. The molecule has 2 aliphatic heterocycles. The molecule has 0 radical (unpaired) electrons. The Balaban J connectivity index is 1.33. The summed E-state index contributed by atoms with van der Waals surface area (Å²) in [5.41, 5.74) is 1.51. The van der Waals surface area contributed by atoms with Gasteiger partial charge in [-0.15, -0.1) is 11.3 Å². The molecule has 0 bridgehead atoms. The largest absolute Gasteiger partial charge is 0.348 e. The predicted molar refractivity (Wildman–Crippen MR) is 94.7 cm³/mol. The van der Waals surface area contributed by atoms with Crippen LogP contribution in [0.5, 0.6) is 0 Å². The summed E-state index contributed by atoms with van der Waals surface area (Å²) in [6.07, 6.45) is 9.10. The number of nitrogens with zero attached hydrogens (tertiary/aromatic N) is 3. The fourth-order valence-electron chi connectivity index (χ4n) is 3.93. The summed E-state index contributed by atoms with van der Waals surface area (Å²) in [4.78, 5) is 14.4. The van der Waals surface area contributed by atoms with Crippen molar-refractivity contribution in [3.8, 4) is 0 Å². The van der Waals surface area contributed by atoms with E-state index in [2.05, 4.69) is 31.2 Å². The second-order valence-corrected chi connectivity index (χ2v) is 7.95. The molecule has 0 aromatic carbocycles. The Bertz CT molecular complexity index is 600. The Hall–Kier alpha value is -1.17. The van der Waals surface area contributed by atoms with E-state index in [9.17, 15) is 0 Å². The molecule has 2 aliphatic rings. The third kappa shape index (κ3) is 3.84. The minimum atomic E-state index is 0.572. The molecule has 0 amide bonds. The molecule has 2 aromatic rings. The summed E-state index contributed by atoms with van der Waals surface area (Å²) < 4.78 is 0. The van der Waals surface area contributed by atoms with Crippen LogP contribution in [0.15, 0.2) is 23.8 Å². The van der Waals surface area contributed by atoms with Gasteiger partial charge in [-0.2, -0.15) is 0 Å². The molecule has 4 nitrogen and oxygen atoms in total. The zero-order valence-electron chi connectivity index (χ0n) is 13.7. The Labute approximate surface area is 142 Å². The van der Waals surface area contributed by atoms with E-state index in [1.807, 2.05) is 23.7 Å². The molecule has 2 aromatic heterocycles. The van der Waals surface area contributed by atoms with Crippen molar-refractivity contribution in [2.24, 2.45) is 0 Å². The number of H-pyrrole nitrogens is 1. The quantitative estimate of drug-likeness (QED) is 0.912. The number of hydrogen-bond acceptors (Lipinski definition) is 4. The molecule has 4 rings (SSSR count). The first-order valence-electron chi connectivity index (χ1n) is 8.87. The number of hydrogen-bond donors (Lipinski definition) is 1. The van der Waals surface area contributed by atoms with Crippen LogP contribution in [0, 0.1) is 0 Å². The van der Waals surface area contributed by atoms with Crippen molar-refractivity contribution in [1.29, 1.82) is 0 Å². The molecule has 124 valence electrons. The number of nitrogens with one attached hydrogen (secondary N) is 1. The van der Waals surface area contributed by atoms with Crippen LogP contribution < -0.4 is 0 Å². The number of rotatable bonds is 5. The minimum absolute atomic E-state index is 0.572. The van der Waals surface area contributed by atoms with E-state index in [-0.39, 0.29) is 0 Å². The van der Waals surface area contributed by atoms with Crippen molar-refractivity contribution in [2.45, 2.75) is 44.7 Å². The van der Waals surface area contributed by atoms with Crippen molar-refractivity contribution >= 4 is 11.3 Å². The molecule has 2 saturated heterocycles. The van der Waals surface area contributed by atoms with Gasteiger partial charge in [-0.3, -0.25) is 9.80 Å². The number of thiophene rings is 1. The Morgan fingerprint density at radius 3 is 2.83 bits per heavy atom. The van der Waals surface area contributed by atoms with Gasteiger partial charge < -0.3 is 4.98 Å². The van der Waals surface area contributed by atoms with E-state index in [4.69, 9.17) is 0 Å². The number of piperidine rings is 1. The Kier molecular flexibility index (Phi) is 4.78. The molecule has 1 N–H and O–H groups in total. The van der Waals surface area contributed by atoms with Crippen LogP contribution >= 0.6 is 11.3 Å². The molecule has 0 unspecified atom stereocenters. The first-order valence-corrected chi connectivity index (χ1v) is 9.75. The van der Waals surface area contributed by atoms with Gasteiger partial charge in [0.25, 0.3) is 0 Å². The van der Waals surface area contributed by atoms with Crippen molar-refractivity contribution < 1.29 is 0 Å². The molecule has 0 saturated carbocycles. The summed E-state index contributed by atoms with van der Waals surface area (Å²) in [6.45, 7) is 7.15. The SMILES string of the molecule is c1c[nH]c([C@@H]2CCCN(Cc3cc(CN4CCCC4)cs3)C2)n1. The molecule has 5 heteroatoms. The van der Waals surface area contributed by atoms with Gasteiger partial charge in [0.1, 0.15) is 5.82 Å². The Morgan fingerprint density at radius 2 is 2.00 bits per heavy atom. The number of imidazole rings is 1. The first-order chi connectivity index (χ1) is 11.4. The zero-order chi connectivity index (χ0) is 15.5. The van der Waals surface area contributed by atoms with Gasteiger partial charge in [0.2, 0.25) is 0 Å². The summed E-state index contributed by atoms with van der Waals surface area (Å²) in [7, 11) is 0. The van der Waals surface area contributed by atoms with E-state index >= 15 is 0 Å². The summed E-state index contributed by atoms with van der Waals surface area (Å²) in [6, 6.07) is 2.43. The van der Waals surface area contributed by atoms with Crippen LogP contribution in [0.4, 0.5) is 0 Å². The van der Waals surface area contributed by atoms with Crippen LogP contribution in [0.25, 0.3) is 0 Å². The standard InChI is InChI=1S/C18H26N4S/c1-2-8-21(7-1)11-15-10-17(23-14-15)13-22-9-3-4-16(12-22)18-19-5-6-20-18/h5-6,10,14,16H,1-4,7-9,11-13H2,(H,19,20)/t16-/m1/s1. The van der Waals surface area contributed by atoms with Crippen LogP contribution in [0.1, 0.15) is 47.9 Å². The van der Waals surface area contributed by atoms with Gasteiger partial charge in [0.05, 0.1) is 0 Å². The highest BCUT2D eigenvalue weighted by Gasteiger charge is 2.23. The van der Waals surface area contributed by atoms with Gasteiger partial charge >= 0.3 is 0 Å². The molecule has 0 aliphatic carbocycles. The highest BCUT2D eigenvalue weighted by atomic mass is 32.1. The molecule has 23 heavy (non-hydrogen) atoms. The van der Waals surface area contributed by atoms with Crippen molar-refractivity contribution in [3.63, 3.8) is 0 Å². The van der Waals surface area contributed by atoms with Crippen LogP contribution in [0.3, 0.4) is 0 Å². The fraction of sp³-hybridized carbons (Fsp3) is 0.611. The zero-order valence-corrected chi connectivity index (χ0v) is 14.5. The molecule has 2 fully saturated rings. The Morgan fingerprint density at radius 1 is 1.13 bits per heavy atom. The topological polar surface area (TPSA) is 35.2 Å². The highest BCUT2D eigenvalue weighted by Crippen LogP contribution is 2.27. The molecular weight excluding hydrogens is 304 g/mol. The smallest absolute Gasteiger partial charge is 0.110 e. The van der Waals surface area contributed by atoms with Crippen LogP contribution in [-0.2, 0) is 13.1 Å². The highest BCUT2D eigenvalue weighted by molar-refractivity contribution is 7.10. The first kappa shape index (κ1) is 15.4. The van der Waals surface area contributed by atoms with Crippen molar-refractivity contribution in [2.75, 3.05) is 26.2 Å². The maximum atomic E-state index is 4.46. The molecule has 0 spiro atoms. The van der Waals surface area contributed by atoms with Crippen molar-refractivity contribution in [3.05, 3.63) is 40.1 Å². The lowest BCUT2D eigenvalue weighted by Crippen LogP contribution is -2.34. The van der Waals surface area contributed by atoms with Gasteiger partial charge in [0, 0.05) is 42.8 Å². The van der Waals surface area contributed by atoms with Gasteiger partial charge in [0.15, 0.2) is 0 Å². The van der Waals surface area contributed by atoms with Gasteiger partial charge in [-0.1, -0.05) is 0 Å². The average molecular weight is 331 g/mol. The summed E-state index contributed by atoms with van der Waals surface area (Å²) in [5.74, 6) is 1.73. The van der Waals surface area contributed by atoms with Gasteiger partial charge in [-0.05, 0) is 62.3 Å². The van der Waals surface area contributed by atoms with Crippen LogP contribution in [-0.4, -0.2) is 45.9 Å². The normalized spacial score (nSPS) is 23.6. The van der Waals surface area contributed by atoms with Gasteiger partial charge in [-0.25, -0.2) is 4.98 Å². The van der Waals surface area contributed by atoms with E-state index in [0.717, 1.165) is 25.5 Å². The lowest BCUT2D eigenvalue weighted by molar-refractivity contribution is 0.198. The molecule has 1 atom stereocenters. The lowest BCUT2D eigenvalue weighted by atomic mass is 9.97. The lowest BCUT2D eigenvalue weighted by Gasteiger charge is -2.31. The number of aromatic amines is 1. The number of aromatic nitrogens is 2. The molecular formula is C18H26N4S. The van der Waals surface area contributed by atoms with E-state index in [1.54, 1.807) is 0 Å². The van der Waals surface area contributed by atoms with E-state index in [0.29, 0.717) is 5.92 Å². The summed E-state index contributed by atoms with van der Waals surface area (Å²) in [5, 5.41) is 2.36. The van der Waals surface area contributed by atoms with E-state index in [1.165, 1.54) is 55.8 Å². The van der Waals surface area contributed by atoms with Crippen LogP contribution in [0.2, 0.25) is 0 Å². The predicted octanol–water partition coefficient (Wildman–Crippen LogP) is 3.45. The monoisotopic (exact) mass is 330 g/mol. The minimum Gasteiger partial charge on any atom is -0.348 e. The van der Waals surface area contributed by atoms with E-state index < -0.39 is 0 Å². The second-order valence-electron chi connectivity index (χ2n) is 6.95. The average Bonchev–Trinajstić information content (AvgIpc) is 3.30. The second kappa shape index (κ2) is 7.16. The summed E-state index contributed by atoms with van der Waals surface area (Å²) >= 11 is 1.93.